The van der Waals surface area contributed by atoms with Gasteiger partial charge in [0.25, 0.3) is 10.0 Å². The van der Waals surface area contributed by atoms with E-state index in [9.17, 15) is 13.2 Å². The van der Waals surface area contributed by atoms with Gasteiger partial charge >= 0.3 is 5.97 Å². The van der Waals surface area contributed by atoms with Crippen LogP contribution in [0.15, 0.2) is 34.3 Å². The Kier molecular flexibility index (Phi) is 5.32. The Balaban J connectivity index is 2.31. The van der Waals surface area contributed by atoms with Crippen LogP contribution in [-0.2, 0) is 19.6 Å². The molecule has 1 aliphatic rings. The summed E-state index contributed by atoms with van der Waals surface area (Å²) >= 11 is 0. The summed E-state index contributed by atoms with van der Waals surface area (Å²) in [5.74, 6) is -0.357. The fourth-order valence-electron chi connectivity index (χ4n) is 3.00. The quantitative estimate of drug-likeness (QED) is 0.667. The number of carbonyl (C=O) groups excluding carboxylic acids is 1. The van der Waals surface area contributed by atoms with Crippen molar-refractivity contribution >= 4 is 21.7 Å². The van der Waals surface area contributed by atoms with Gasteiger partial charge in [-0.05, 0) is 51.2 Å². The number of ether oxygens (including phenoxy) is 1. The second kappa shape index (κ2) is 6.93. The smallest absolute Gasteiger partial charge is 0.317 e. The first-order chi connectivity index (χ1) is 11.2. The van der Waals surface area contributed by atoms with Crippen molar-refractivity contribution in [2.75, 3.05) is 7.11 Å². The van der Waals surface area contributed by atoms with Gasteiger partial charge in [-0.1, -0.05) is 24.6 Å². The van der Waals surface area contributed by atoms with Crippen molar-refractivity contribution in [3.63, 3.8) is 0 Å². The van der Waals surface area contributed by atoms with Crippen LogP contribution in [0.3, 0.4) is 0 Å². The molecule has 1 fully saturated rings. The molecule has 132 valence electrons. The molecule has 1 aromatic carbocycles. The van der Waals surface area contributed by atoms with Gasteiger partial charge in [0.05, 0.1) is 17.7 Å². The van der Waals surface area contributed by atoms with E-state index in [0.29, 0.717) is 12.1 Å². The molecule has 1 aromatic rings. The van der Waals surface area contributed by atoms with Gasteiger partial charge in [-0.3, -0.25) is 4.79 Å². The second-order valence-electron chi connectivity index (χ2n) is 6.45. The average molecular weight is 352 g/mol. The minimum Gasteiger partial charge on any atom is -0.468 e. The Morgan fingerprint density at radius 2 is 1.96 bits per heavy atom. The normalized spacial score (nSPS) is 26.2. The van der Waals surface area contributed by atoms with Gasteiger partial charge in [-0.2, -0.15) is 13.5 Å². The molecule has 1 N–H and O–H groups in total. The number of nitrogens with zero attached hydrogens (tertiary/aromatic N) is 1. The number of hydrazone groups is 1. The molecule has 1 aliphatic carbocycles. The largest absolute Gasteiger partial charge is 0.468 e. The summed E-state index contributed by atoms with van der Waals surface area (Å²) in [7, 11) is -2.43. The highest BCUT2D eigenvalue weighted by Gasteiger charge is 2.47. The molecule has 2 rings (SSSR count). The highest BCUT2D eigenvalue weighted by atomic mass is 32.2. The lowest BCUT2D eigenvalue weighted by atomic mass is 9.67. The summed E-state index contributed by atoms with van der Waals surface area (Å²) in [4.78, 5) is 14.7. The standard InChI is InChI=1S/C17H24N2O4S/c1-12-8-10-14(11-9-12)24(21,22)19-18-15-7-5-6-13(2)17(15,3)16(20)23-4/h8-11,13,19H,5-7H2,1-4H3/b18-15+/t13-,17+/m0/s1. The summed E-state index contributed by atoms with van der Waals surface area (Å²) in [6, 6.07) is 6.51. The van der Waals surface area contributed by atoms with E-state index in [4.69, 9.17) is 4.74 Å². The maximum atomic E-state index is 12.4. The number of hydrogen-bond donors (Lipinski definition) is 1. The van der Waals surface area contributed by atoms with Crippen LogP contribution in [0.5, 0.6) is 0 Å². The van der Waals surface area contributed by atoms with E-state index in [0.717, 1.165) is 18.4 Å². The van der Waals surface area contributed by atoms with E-state index in [1.807, 2.05) is 13.8 Å². The van der Waals surface area contributed by atoms with Gasteiger partial charge in [-0.25, -0.2) is 4.83 Å². The Morgan fingerprint density at radius 3 is 2.54 bits per heavy atom. The van der Waals surface area contributed by atoms with Gasteiger partial charge in [0, 0.05) is 0 Å². The molecule has 0 aromatic heterocycles. The maximum Gasteiger partial charge on any atom is 0.317 e. The number of benzene rings is 1. The Labute approximate surface area is 143 Å². The van der Waals surface area contributed by atoms with Crippen molar-refractivity contribution in [3.05, 3.63) is 29.8 Å². The third-order valence-electron chi connectivity index (χ3n) is 4.88. The number of nitrogens with one attached hydrogen (secondary N) is 1. The zero-order valence-corrected chi connectivity index (χ0v) is 15.3. The number of methoxy groups -OCH3 is 1. The third-order valence-corrected chi connectivity index (χ3v) is 6.10. The van der Waals surface area contributed by atoms with E-state index < -0.39 is 15.4 Å². The number of esters is 1. The first-order valence-electron chi connectivity index (χ1n) is 7.95. The molecule has 2 atom stereocenters. The summed E-state index contributed by atoms with van der Waals surface area (Å²) < 4.78 is 29.7. The predicted octanol–water partition coefficient (Wildman–Crippen LogP) is 2.63. The van der Waals surface area contributed by atoms with Crippen LogP contribution in [0.25, 0.3) is 0 Å². The van der Waals surface area contributed by atoms with Crippen LogP contribution < -0.4 is 4.83 Å². The lowest BCUT2D eigenvalue weighted by Crippen LogP contribution is -2.46. The molecule has 0 heterocycles. The van der Waals surface area contributed by atoms with Crippen molar-refractivity contribution in [2.45, 2.75) is 44.9 Å². The van der Waals surface area contributed by atoms with Gasteiger partial charge in [-0.15, -0.1) is 0 Å². The summed E-state index contributed by atoms with van der Waals surface area (Å²) in [6.45, 7) is 5.61. The van der Waals surface area contributed by atoms with Crippen molar-refractivity contribution < 1.29 is 17.9 Å². The zero-order chi connectivity index (χ0) is 18.0. The average Bonchev–Trinajstić information content (AvgIpc) is 2.55. The highest BCUT2D eigenvalue weighted by Crippen LogP contribution is 2.39. The number of rotatable bonds is 4. The first-order valence-corrected chi connectivity index (χ1v) is 9.44. The molecule has 0 spiro atoms. The maximum absolute atomic E-state index is 12.4. The van der Waals surface area contributed by atoms with Gasteiger partial charge in [0.2, 0.25) is 0 Å². The molecule has 1 saturated carbocycles. The van der Waals surface area contributed by atoms with Crippen LogP contribution in [0.1, 0.15) is 38.7 Å². The molecular formula is C17H24N2O4S. The monoisotopic (exact) mass is 352 g/mol. The Hall–Kier alpha value is -1.89. The molecule has 7 heteroatoms. The number of carbonyl (C=O) groups is 1. The summed E-state index contributed by atoms with van der Waals surface area (Å²) in [5, 5.41) is 4.10. The molecular weight excluding hydrogens is 328 g/mol. The van der Waals surface area contributed by atoms with E-state index in [1.54, 1.807) is 19.1 Å². The van der Waals surface area contributed by atoms with Crippen LogP contribution >= 0.6 is 0 Å². The van der Waals surface area contributed by atoms with Gasteiger partial charge in [0.15, 0.2) is 0 Å². The minimum atomic E-state index is -3.77. The van der Waals surface area contributed by atoms with Crippen LogP contribution in [0.4, 0.5) is 0 Å². The fourth-order valence-corrected chi connectivity index (χ4v) is 3.83. The van der Waals surface area contributed by atoms with E-state index in [-0.39, 0.29) is 16.8 Å². The molecule has 0 saturated heterocycles. The topological polar surface area (TPSA) is 84.8 Å². The van der Waals surface area contributed by atoms with Crippen molar-refractivity contribution in [1.82, 2.24) is 4.83 Å². The molecule has 0 radical (unpaired) electrons. The lowest BCUT2D eigenvalue weighted by molar-refractivity contribution is -0.150. The predicted molar refractivity (Wildman–Crippen MR) is 92.1 cm³/mol. The highest BCUT2D eigenvalue weighted by molar-refractivity contribution is 7.89. The summed E-state index contributed by atoms with van der Waals surface area (Å²) in [5.41, 5.74) is 0.575. The Morgan fingerprint density at radius 1 is 1.33 bits per heavy atom. The molecule has 0 unspecified atom stereocenters. The number of aryl methyl sites for hydroxylation is 1. The van der Waals surface area contributed by atoms with Crippen molar-refractivity contribution in [3.8, 4) is 0 Å². The van der Waals surface area contributed by atoms with E-state index >= 15 is 0 Å². The van der Waals surface area contributed by atoms with Crippen LogP contribution in [0.2, 0.25) is 0 Å². The van der Waals surface area contributed by atoms with Gasteiger partial charge < -0.3 is 4.74 Å². The minimum absolute atomic E-state index is 0.0290. The van der Waals surface area contributed by atoms with E-state index in [1.165, 1.54) is 19.2 Å². The zero-order valence-electron chi connectivity index (χ0n) is 14.5. The van der Waals surface area contributed by atoms with Crippen LogP contribution in [-0.4, -0.2) is 27.2 Å². The SMILES string of the molecule is COC(=O)[C@@]1(C)/C(=N/NS(=O)(=O)c2ccc(C)cc2)CCC[C@@H]1C. The van der Waals surface area contributed by atoms with Gasteiger partial charge in [0.1, 0.15) is 5.41 Å². The van der Waals surface area contributed by atoms with Crippen LogP contribution in [0, 0.1) is 18.3 Å². The fraction of sp³-hybridized carbons (Fsp3) is 0.529. The van der Waals surface area contributed by atoms with Crippen molar-refractivity contribution in [2.24, 2.45) is 16.4 Å². The van der Waals surface area contributed by atoms with E-state index in [2.05, 4.69) is 9.93 Å². The number of sulfonamides is 1. The number of hydrogen-bond acceptors (Lipinski definition) is 5. The molecule has 24 heavy (non-hydrogen) atoms. The molecule has 0 amide bonds. The molecule has 0 aliphatic heterocycles. The lowest BCUT2D eigenvalue weighted by Gasteiger charge is -2.37. The molecule has 0 bridgehead atoms. The molecule has 6 nitrogen and oxygen atoms in total. The Bertz CT molecular complexity index is 740. The summed E-state index contributed by atoms with van der Waals surface area (Å²) in [6.07, 6.45) is 2.29. The third kappa shape index (κ3) is 3.45. The van der Waals surface area contributed by atoms with Crippen molar-refractivity contribution in [1.29, 1.82) is 0 Å². The second-order valence-corrected chi connectivity index (χ2v) is 8.11. The first kappa shape index (κ1) is 18.4.